The summed E-state index contributed by atoms with van der Waals surface area (Å²) in [6.45, 7) is -0.479. The number of nitrogens with zero attached hydrogens (tertiary/aromatic N) is 1. The SMILES string of the molecule is O=CCO[N+](=O)[O-]. The molecule has 0 aromatic rings. The minimum Gasteiger partial charge on any atom is -0.306 e. The van der Waals surface area contributed by atoms with Crippen LogP contribution < -0.4 is 0 Å². The number of carbonyl (C=O) groups is 1. The van der Waals surface area contributed by atoms with Gasteiger partial charge in [0, 0.05) is 0 Å². The summed E-state index contributed by atoms with van der Waals surface area (Å²) in [4.78, 5) is 22.0. The Labute approximate surface area is 39.0 Å². The first-order valence-electron chi connectivity index (χ1n) is 1.48. The highest BCUT2D eigenvalue weighted by atomic mass is 16.9. The number of aldehydes is 1. The van der Waals surface area contributed by atoms with Crippen molar-refractivity contribution in [2.45, 2.75) is 0 Å². The second-order valence-electron chi connectivity index (χ2n) is 0.686. The highest BCUT2D eigenvalue weighted by Crippen LogP contribution is 1.66. The molecule has 0 aliphatic heterocycles. The smallest absolute Gasteiger partial charge is 0.294 e. The van der Waals surface area contributed by atoms with E-state index in [9.17, 15) is 14.9 Å². The first-order valence-corrected chi connectivity index (χ1v) is 1.48. The van der Waals surface area contributed by atoms with Gasteiger partial charge in [0.2, 0.25) is 0 Å². The van der Waals surface area contributed by atoms with Gasteiger partial charge in [0.1, 0.15) is 6.29 Å². The number of carbonyl (C=O) groups excluding carboxylic acids is 1. The average Bonchev–Trinajstić information content (AvgIpc) is 1.61. The highest BCUT2D eigenvalue weighted by molar-refractivity contribution is 5.50. The monoisotopic (exact) mass is 105 g/mol. The molecule has 0 radical (unpaired) electrons. The maximum atomic E-state index is 9.28. The molecule has 0 fully saturated rings. The van der Waals surface area contributed by atoms with E-state index in [0.717, 1.165) is 0 Å². The third-order valence-electron chi connectivity index (χ3n) is 0.248. The van der Waals surface area contributed by atoms with Gasteiger partial charge in [0.15, 0.2) is 6.61 Å². The Bertz CT molecular complexity index is 79.8. The van der Waals surface area contributed by atoms with E-state index in [1.54, 1.807) is 0 Å². The van der Waals surface area contributed by atoms with Crippen molar-refractivity contribution in [1.29, 1.82) is 0 Å². The zero-order chi connectivity index (χ0) is 5.70. The van der Waals surface area contributed by atoms with Gasteiger partial charge >= 0.3 is 0 Å². The fraction of sp³-hybridized carbons (Fsp3) is 0.500. The summed E-state index contributed by atoms with van der Waals surface area (Å²) in [5, 5.41) is 8.16. The van der Waals surface area contributed by atoms with Gasteiger partial charge in [-0.2, -0.15) is 0 Å². The van der Waals surface area contributed by atoms with E-state index in [2.05, 4.69) is 4.84 Å². The first kappa shape index (κ1) is 5.87. The van der Waals surface area contributed by atoms with Crippen LogP contribution in [0.1, 0.15) is 0 Å². The topological polar surface area (TPSA) is 69.4 Å². The Balaban J connectivity index is 2.97. The standard InChI is InChI=1S/C2H3NO4/c4-1-2-7-3(5)6/h1H,2H2. The molecule has 0 amide bonds. The molecule has 0 spiro atoms. The fourth-order valence-corrected chi connectivity index (χ4v) is 0.0913. The van der Waals surface area contributed by atoms with Crippen LogP contribution in [0, 0.1) is 10.1 Å². The van der Waals surface area contributed by atoms with Crippen LogP contribution in [0.2, 0.25) is 0 Å². The van der Waals surface area contributed by atoms with E-state index in [-0.39, 0.29) is 0 Å². The molecule has 0 heterocycles. The summed E-state index contributed by atoms with van der Waals surface area (Å²) in [5.74, 6) is 0. The number of hydrogen-bond donors (Lipinski definition) is 0. The van der Waals surface area contributed by atoms with Crippen LogP contribution in [0.3, 0.4) is 0 Å². The lowest BCUT2D eigenvalue weighted by Gasteiger charge is -1.83. The van der Waals surface area contributed by atoms with E-state index in [0.29, 0.717) is 6.29 Å². The van der Waals surface area contributed by atoms with Gasteiger partial charge in [-0.05, 0) is 0 Å². The van der Waals surface area contributed by atoms with E-state index in [4.69, 9.17) is 0 Å². The molecule has 5 nitrogen and oxygen atoms in total. The van der Waals surface area contributed by atoms with Gasteiger partial charge in [-0.1, -0.05) is 0 Å². The van der Waals surface area contributed by atoms with Crippen molar-refractivity contribution in [2.75, 3.05) is 6.61 Å². The Morgan fingerprint density at radius 1 is 1.86 bits per heavy atom. The molecule has 0 unspecified atom stereocenters. The van der Waals surface area contributed by atoms with Crippen molar-refractivity contribution in [1.82, 2.24) is 0 Å². The van der Waals surface area contributed by atoms with E-state index < -0.39 is 11.7 Å². The molecule has 0 N–H and O–H groups in total. The van der Waals surface area contributed by atoms with E-state index in [1.165, 1.54) is 0 Å². The predicted molar refractivity (Wildman–Crippen MR) is 19.0 cm³/mol. The lowest BCUT2D eigenvalue weighted by atomic mass is 10.9. The molecular weight excluding hydrogens is 102 g/mol. The van der Waals surface area contributed by atoms with Gasteiger partial charge in [-0.25, -0.2) is 0 Å². The maximum absolute atomic E-state index is 9.28. The molecular formula is C2H3NO4. The predicted octanol–water partition coefficient (Wildman–Crippen LogP) is -0.606. The lowest BCUT2D eigenvalue weighted by molar-refractivity contribution is -0.754. The van der Waals surface area contributed by atoms with Crippen LogP contribution in [-0.2, 0) is 9.63 Å². The van der Waals surface area contributed by atoms with Gasteiger partial charge in [-0.15, -0.1) is 10.1 Å². The molecule has 5 heteroatoms. The molecule has 40 valence electrons. The molecule has 0 aromatic heterocycles. The third kappa shape index (κ3) is 4.87. The van der Waals surface area contributed by atoms with Crippen LogP contribution in [0.5, 0.6) is 0 Å². The van der Waals surface area contributed by atoms with Crippen LogP contribution in [0.25, 0.3) is 0 Å². The summed E-state index contributed by atoms with van der Waals surface area (Å²) in [6.07, 6.45) is 0.308. The highest BCUT2D eigenvalue weighted by Gasteiger charge is 1.87. The van der Waals surface area contributed by atoms with Gasteiger partial charge in [0.05, 0.1) is 0 Å². The minimum atomic E-state index is -1.02. The molecule has 0 bridgehead atoms. The van der Waals surface area contributed by atoms with E-state index in [1.807, 2.05) is 0 Å². The summed E-state index contributed by atoms with van der Waals surface area (Å²) in [7, 11) is 0. The number of hydrogen-bond acceptors (Lipinski definition) is 4. The third-order valence-corrected chi connectivity index (χ3v) is 0.248. The summed E-state index contributed by atoms with van der Waals surface area (Å²) in [5.41, 5.74) is 0. The van der Waals surface area contributed by atoms with Crippen molar-refractivity contribution >= 4 is 6.29 Å². The minimum absolute atomic E-state index is 0.308. The Hall–Kier alpha value is -1.13. The van der Waals surface area contributed by atoms with Crippen LogP contribution in [0.15, 0.2) is 0 Å². The molecule has 0 saturated heterocycles. The summed E-state index contributed by atoms with van der Waals surface area (Å²) < 4.78 is 0. The maximum Gasteiger partial charge on any atom is 0.294 e. The van der Waals surface area contributed by atoms with E-state index >= 15 is 0 Å². The lowest BCUT2D eigenvalue weighted by Crippen LogP contribution is -2.01. The Morgan fingerprint density at radius 3 is 2.57 bits per heavy atom. The first-order chi connectivity index (χ1) is 3.27. The normalized spacial score (nSPS) is 7.43. The van der Waals surface area contributed by atoms with Crippen molar-refractivity contribution in [3.63, 3.8) is 0 Å². The zero-order valence-electron chi connectivity index (χ0n) is 3.36. The van der Waals surface area contributed by atoms with Crippen LogP contribution in [-0.4, -0.2) is 18.0 Å². The largest absolute Gasteiger partial charge is 0.306 e. The van der Waals surface area contributed by atoms with Crippen molar-refractivity contribution in [2.24, 2.45) is 0 Å². The Morgan fingerprint density at radius 2 is 2.43 bits per heavy atom. The van der Waals surface area contributed by atoms with Crippen LogP contribution >= 0.6 is 0 Å². The van der Waals surface area contributed by atoms with Crippen LogP contribution in [0.4, 0.5) is 0 Å². The average molecular weight is 105 g/mol. The molecule has 0 atom stereocenters. The van der Waals surface area contributed by atoms with Gasteiger partial charge in [0.25, 0.3) is 5.09 Å². The fourth-order valence-electron chi connectivity index (χ4n) is 0.0913. The number of rotatable bonds is 3. The van der Waals surface area contributed by atoms with Crippen molar-refractivity contribution < 1.29 is 14.7 Å². The zero-order valence-corrected chi connectivity index (χ0v) is 3.36. The molecule has 0 aliphatic rings. The van der Waals surface area contributed by atoms with Crippen molar-refractivity contribution in [3.8, 4) is 0 Å². The Kier molecular flexibility index (Phi) is 2.58. The quantitative estimate of drug-likeness (QED) is 0.273. The van der Waals surface area contributed by atoms with Gasteiger partial charge in [-0.3, -0.25) is 0 Å². The molecule has 0 aliphatic carbocycles. The summed E-state index contributed by atoms with van der Waals surface area (Å²) in [6, 6.07) is 0. The molecule has 0 saturated carbocycles. The molecule has 0 aromatic carbocycles. The summed E-state index contributed by atoms with van der Waals surface area (Å²) >= 11 is 0. The van der Waals surface area contributed by atoms with Crippen molar-refractivity contribution in [3.05, 3.63) is 10.1 Å². The van der Waals surface area contributed by atoms with Gasteiger partial charge < -0.3 is 9.63 Å². The molecule has 7 heavy (non-hydrogen) atoms. The molecule has 0 rings (SSSR count). The second-order valence-corrected chi connectivity index (χ2v) is 0.686. The second kappa shape index (κ2) is 3.08.